The van der Waals surface area contributed by atoms with Gasteiger partial charge < -0.3 is 14.0 Å². The fourth-order valence-corrected chi connectivity index (χ4v) is 2.84. The molecule has 3 aromatic rings. The lowest BCUT2D eigenvalue weighted by Crippen LogP contribution is -2.15. The number of carbonyl (C=O) groups is 1. The summed E-state index contributed by atoms with van der Waals surface area (Å²) in [4.78, 5) is 12.0. The van der Waals surface area contributed by atoms with Gasteiger partial charge in [0.25, 0.3) is 0 Å². The number of hydrogen-bond acceptors (Lipinski definition) is 5. The van der Waals surface area contributed by atoms with Gasteiger partial charge in [0.1, 0.15) is 18.1 Å². The van der Waals surface area contributed by atoms with Gasteiger partial charge in [0.2, 0.25) is 0 Å². The standard InChI is InChI=1S/C21H21NO4/c1-14-9-15(2)21(16(3)10-14)25-13-20(23)24-12-18-11-19(26-22-18)17-7-5-4-6-8-17/h4-11H,12-13H2,1-3H3. The molecule has 0 N–H and O–H groups in total. The molecule has 0 radical (unpaired) electrons. The van der Waals surface area contributed by atoms with Gasteiger partial charge in [-0.2, -0.15) is 0 Å². The third kappa shape index (κ3) is 4.30. The Morgan fingerprint density at radius 2 is 1.73 bits per heavy atom. The molecule has 1 aromatic heterocycles. The zero-order chi connectivity index (χ0) is 18.5. The minimum atomic E-state index is -0.450. The summed E-state index contributed by atoms with van der Waals surface area (Å²) in [6.07, 6.45) is 0. The maximum Gasteiger partial charge on any atom is 0.344 e. The zero-order valence-corrected chi connectivity index (χ0v) is 15.1. The van der Waals surface area contributed by atoms with E-state index in [1.807, 2.05) is 63.2 Å². The van der Waals surface area contributed by atoms with Crippen LogP contribution in [0.2, 0.25) is 0 Å². The first-order valence-electron chi connectivity index (χ1n) is 8.40. The highest BCUT2D eigenvalue weighted by atomic mass is 16.6. The van der Waals surface area contributed by atoms with Crippen LogP contribution in [0.3, 0.4) is 0 Å². The summed E-state index contributed by atoms with van der Waals surface area (Å²) < 4.78 is 16.1. The molecule has 0 aliphatic heterocycles. The molecule has 5 nitrogen and oxygen atoms in total. The molecule has 0 saturated heterocycles. The van der Waals surface area contributed by atoms with Crippen molar-refractivity contribution in [2.45, 2.75) is 27.4 Å². The summed E-state index contributed by atoms with van der Waals surface area (Å²) in [5, 5.41) is 3.93. The molecule has 0 aliphatic rings. The minimum Gasteiger partial charge on any atom is -0.481 e. The third-order valence-corrected chi connectivity index (χ3v) is 3.94. The normalized spacial score (nSPS) is 10.6. The second kappa shape index (κ2) is 7.87. The molecular formula is C21H21NO4. The fraction of sp³-hybridized carbons (Fsp3) is 0.238. The summed E-state index contributed by atoms with van der Waals surface area (Å²) >= 11 is 0. The molecule has 0 aliphatic carbocycles. The van der Waals surface area contributed by atoms with E-state index in [2.05, 4.69) is 5.16 Å². The molecule has 5 heteroatoms. The molecule has 0 saturated carbocycles. The largest absolute Gasteiger partial charge is 0.481 e. The van der Waals surface area contributed by atoms with Crippen LogP contribution in [-0.2, 0) is 16.1 Å². The van der Waals surface area contributed by atoms with Gasteiger partial charge in [0, 0.05) is 11.6 Å². The summed E-state index contributed by atoms with van der Waals surface area (Å²) in [7, 11) is 0. The van der Waals surface area contributed by atoms with Crippen LogP contribution in [0.15, 0.2) is 53.1 Å². The van der Waals surface area contributed by atoms with Crippen molar-refractivity contribution in [1.29, 1.82) is 0 Å². The Hall–Kier alpha value is -3.08. The van der Waals surface area contributed by atoms with E-state index in [1.165, 1.54) is 0 Å². The Labute approximate surface area is 152 Å². The highest BCUT2D eigenvalue weighted by Crippen LogP contribution is 2.24. The second-order valence-electron chi connectivity index (χ2n) is 6.23. The maximum atomic E-state index is 12.0. The SMILES string of the molecule is Cc1cc(C)c(OCC(=O)OCc2cc(-c3ccccc3)on2)c(C)c1. The van der Waals surface area contributed by atoms with Crippen LogP contribution >= 0.6 is 0 Å². The van der Waals surface area contributed by atoms with Gasteiger partial charge in [0.05, 0.1) is 0 Å². The van der Waals surface area contributed by atoms with Crippen LogP contribution in [-0.4, -0.2) is 17.7 Å². The van der Waals surface area contributed by atoms with E-state index in [0.717, 1.165) is 28.0 Å². The Morgan fingerprint density at radius 3 is 2.42 bits per heavy atom. The van der Waals surface area contributed by atoms with Crippen molar-refractivity contribution in [3.63, 3.8) is 0 Å². The van der Waals surface area contributed by atoms with Crippen molar-refractivity contribution in [2.24, 2.45) is 0 Å². The predicted molar refractivity (Wildman–Crippen MR) is 97.9 cm³/mol. The topological polar surface area (TPSA) is 61.6 Å². The van der Waals surface area contributed by atoms with E-state index in [0.29, 0.717) is 11.5 Å². The number of esters is 1. The molecule has 0 spiro atoms. The van der Waals surface area contributed by atoms with Crippen LogP contribution in [0.1, 0.15) is 22.4 Å². The molecule has 0 atom stereocenters. The Kier molecular flexibility index (Phi) is 5.37. The number of rotatable bonds is 6. The smallest absolute Gasteiger partial charge is 0.344 e. The first-order chi connectivity index (χ1) is 12.5. The van der Waals surface area contributed by atoms with Crippen molar-refractivity contribution >= 4 is 5.97 Å². The Bertz CT molecular complexity index is 876. The van der Waals surface area contributed by atoms with Gasteiger partial charge in [-0.05, 0) is 31.9 Å². The van der Waals surface area contributed by atoms with E-state index < -0.39 is 5.97 Å². The van der Waals surface area contributed by atoms with E-state index in [9.17, 15) is 4.79 Å². The Balaban J connectivity index is 1.53. The highest BCUT2D eigenvalue weighted by Gasteiger charge is 2.12. The van der Waals surface area contributed by atoms with Gasteiger partial charge >= 0.3 is 5.97 Å². The quantitative estimate of drug-likeness (QED) is 0.616. The monoisotopic (exact) mass is 351 g/mol. The molecule has 2 aromatic carbocycles. The molecule has 0 fully saturated rings. The second-order valence-corrected chi connectivity index (χ2v) is 6.23. The molecule has 134 valence electrons. The van der Waals surface area contributed by atoms with Gasteiger partial charge in [0.15, 0.2) is 12.4 Å². The van der Waals surface area contributed by atoms with Gasteiger partial charge in [-0.25, -0.2) is 4.79 Å². The number of hydrogen-bond donors (Lipinski definition) is 0. The summed E-state index contributed by atoms with van der Waals surface area (Å²) in [5.41, 5.74) is 4.64. The average molecular weight is 351 g/mol. The number of benzene rings is 2. The van der Waals surface area contributed by atoms with Crippen LogP contribution < -0.4 is 4.74 Å². The molecule has 0 bridgehead atoms. The third-order valence-electron chi connectivity index (χ3n) is 3.94. The predicted octanol–water partition coefficient (Wildman–Crippen LogP) is 4.39. The number of nitrogens with zero attached hydrogens (tertiary/aromatic N) is 1. The lowest BCUT2D eigenvalue weighted by molar-refractivity contribution is -0.147. The van der Waals surface area contributed by atoms with Crippen LogP contribution in [0, 0.1) is 20.8 Å². The van der Waals surface area contributed by atoms with Gasteiger partial charge in [-0.3, -0.25) is 0 Å². The molecule has 0 amide bonds. The molecule has 3 rings (SSSR count). The highest BCUT2D eigenvalue weighted by molar-refractivity contribution is 5.71. The van der Waals surface area contributed by atoms with Crippen molar-refractivity contribution in [3.05, 3.63) is 70.9 Å². The average Bonchev–Trinajstić information content (AvgIpc) is 3.09. The first kappa shape index (κ1) is 17.7. The van der Waals surface area contributed by atoms with Crippen molar-refractivity contribution < 1.29 is 18.8 Å². The lowest BCUT2D eigenvalue weighted by Gasteiger charge is -2.12. The van der Waals surface area contributed by atoms with Gasteiger partial charge in [-0.15, -0.1) is 0 Å². The number of aromatic nitrogens is 1. The molecule has 0 unspecified atom stereocenters. The number of ether oxygens (including phenoxy) is 2. The van der Waals surface area contributed by atoms with E-state index in [1.54, 1.807) is 6.07 Å². The van der Waals surface area contributed by atoms with Crippen LogP contribution in [0.4, 0.5) is 0 Å². The van der Waals surface area contributed by atoms with E-state index >= 15 is 0 Å². The maximum absolute atomic E-state index is 12.0. The number of carbonyl (C=O) groups excluding carboxylic acids is 1. The van der Waals surface area contributed by atoms with Crippen LogP contribution in [0.5, 0.6) is 5.75 Å². The molecular weight excluding hydrogens is 330 g/mol. The first-order valence-corrected chi connectivity index (χ1v) is 8.40. The minimum absolute atomic E-state index is 0.0460. The number of aryl methyl sites for hydroxylation is 3. The summed E-state index contributed by atoms with van der Waals surface area (Å²) in [5.74, 6) is 0.910. The molecule has 1 heterocycles. The lowest BCUT2D eigenvalue weighted by atomic mass is 10.1. The van der Waals surface area contributed by atoms with E-state index in [4.69, 9.17) is 14.0 Å². The fourth-order valence-electron chi connectivity index (χ4n) is 2.84. The van der Waals surface area contributed by atoms with E-state index in [-0.39, 0.29) is 13.2 Å². The zero-order valence-electron chi connectivity index (χ0n) is 15.1. The van der Waals surface area contributed by atoms with Gasteiger partial charge in [-0.1, -0.05) is 53.2 Å². The van der Waals surface area contributed by atoms with Crippen molar-refractivity contribution in [1.82, 2.24) is 5.16 Å². The summed E-state index contributed by atoms with van der Waals surface area (Å²) in [6.45, 7) is 5.85. The summed E-state index contributed by atoms with van der Waals surface area (Å²) in [6, 6.07) is 15.4. The Morgan fingerprint density at radius 1 is 1.04 bits per heavy atom. The molecule has 26 heavy (non-hydrogen) atoms. The van der Waals surface area contributed by atoms with Crippen molar-refractivity contribution in [3.8, 4) is 17.1 Å². The van der Waals surface area contributed by atoms with Crippen LogP contribution in [0.25, 0.3) is 11.3 Å². The van der Waals surface area contributed by atoms with Crippen molar-refractivity contribution in [2.75, 3.05) is 6.61 Å².